The lowest BCUT2D eigenvalue weighted by molar-refractivity contribution is -0.141. The zero-order chi connectivity index (χ0) is 22.3. The van der Waals surface area contributed by atoms with Crippen molar-refractivity contribution in [3.63, 3.8) is 0 Å². The van der Waals surface area contributed by atoms with Gasteiger partial charge in [0, 0.05) is 10.5 Å². The monoisotopic (exact) mass is 457 g/mol. The molecular formula is C19H18F3N3O3S2. The van der Waals surface area contributed by atoms with Crippen LogP contribution in [-0.4, -0.2) is 29.6 Å². The van der Waals surface area contributed by atoms with E-state index in [1.165, 1.54) is 23.9 Å². The predicted molar refractivity (Wildman–Crippen MR) is 108 cm³/mol. The number of nitrogens with zero attached hydrogens (tertiary/aromatic N) is 2. The molecule has 0 unspecified atom stereocenters. The fraction of sp³-hybridized carbons (Fsp3) is 0.211. The summed E-state index contributed by atoms with van der Waals surface area (Å²) in [5, 5.41) is 18.4. The van der Waals surface area contributed by atoms with Crippen LogP contribution in [0.2, 0.25) is 0 Å². The Morgan fingerprint density at radius 3 is 2.40 bits per heavy atom. The number of benzene rings is 2. The summed E-state index contributed by atoms with van der Waals surface area (Å²) in [7, 11) is -4.11. The minimum Gasteiger partial charge on any atom is -0.392 e. The van der Waals surface area contributed by atoms with Crippen LogP contribution >= 0.6 is 11.8 Å². The van der Waals surface area contributed by atoms with Gasteiger partial charge in [-0.1, -0.05) is 6.07 Å². The molecule has 0 saturated carbocycles. The number of sulfonamides is 1. The fourth-order valence-corrected chi connectivity index (χ4v) is 4.39. The third-order valence-corrected chi connectivity index (χ3v) is 6.37. The number of hydrogen-bond donors (Lipinski definition) is 2. The Labute approximate surface area is 175 Å². The summed E-state index contributed by atoms with van der Waals surface area (Å²) in [4.78, 5) is 0.680. The van der Waals surface area contributed by atoms with Gasteiger partial charge in [-0.2, -0.15) is 18.3 Å². The highest BCUT2D eigenvalue weighted by molar-refractivity contribution is 7.98. The molecule has 2 aromatic carbocycles. The first-order chi connectivity index (χ1) is 14.0. The molecule has 0 radical (unpaired) electrons. The number of rotatable bonds is 5. The second-order valence-electron chi connectivity index (χ2n) is 6.50. The maximum Gasteiger partial charge on any atom is 0.435 e. The number of hydrogen-bond acceptors (Lipinski definition) is 5. The number of aryl methyl sites for hydroxylation is 1. The second-order valence-corrected chi connectivity index (χ2v) is 8.88. The van der Waals surface area contributed by atoms with Gasteiger partial charge in [0.2, 0.25) is 10.0 Å². The second kappa shape index (κ2) is 8.06. The van der Waals surface area contributed by atoms with Crippen LogP contribution in [0.3, 0.4) is 0 Å². The Balaban J connectivity index is 2.24. The molecule has 30 heavy (non-hydrogen) atoms. The molecule has 0 aliphatic heterocycles. The molecular weight excluding hydrogens is 439 g/mol. The molecule has 1 aromatic heterocycles. The molecule has 3 N–H and O–H groups in total. The topological polar surface area (TPSA) is 98.2 Å². The van der Waals surface area contributed by atoms with Crippen molar-refractivity contribution in [3.8, 4) is 16.9 Å². The molecule has 0 bridgehead atoms. The van der Waals surface area contributed by atoms with Crippen LogP contribution in [0.5, 0.6) is 0 Å². The van der Waals surface area contributed by atoms with E-state index in [4.69, 9.17) is 5.14 Å². The zero-order valence-electron chi connectivity index (χ0n) is 15.9. The maximum absolute atomic E-state index is 13.4. The van der Waals surface area contributed by atoms with Crippen molar-refractivity contribution in [2.24, 2.45) is 5.14 Å². The standard InChI is InChI=1S/C19H18F3N3O3S2/c1-11-7-12(3-5-16(11)29-2)15-9-18(19(20,21)22)24-25(15)14-4-6-17(30(23,27)28)13(8-14)10-26/h3-9,26H,10H2,1-2H3,(H2,23,27,28). The zero-order valence-corrected chi connectivity index (χ0v) is 17.6. The average molecular weight is 457 g/mol. The summed E-state index contributed by atoms with van der Waals surface area (Å²) in [6.45, 7) is 1.19. The van der Waals surface area contributed by atoms with Gasteiger partial charge in [-0.15, -0.1) is 11.8 Å². The van der Waals surface area contributed by atoms with Crippen LogP contribution in [0, 0.1) is 6.92 Å². The van der Waals surface area contributed by atoms with Gasteiger partial charge in [0.25, 0.3) is 0 Å². The van der Waals surface area contributed by atoms with Crippen molar-refractivity contribution < 1.29 is 26.7 Å². The van der Waals surface area contributed by atoms with Gasteiger partial charge in [0.15, 0.2) is 5.69 Å². The van der Waals surface area contributed by atoms with Crippen LogP contribution in [0.15, 0.2) is 52.3 Å². The lowest BCUT2D eigenvalue weighted by atomic mass is 10.1. The van der Waals surface area contributed by atoms with Crippen LogP contribution in [-0.2, 0) is 22.8 Å². The molecule has 0 aliphatic carbocycles. The van der Waals surface area contributed by atoms with Crippen molar-refractivity contribution in [2.75, 3.05) is 6.26 Å². The van der Waals surface area contributed by atoms with Crippen molar-refractivity contribution in [3.05, 3.63) is 59.3 Å². The van der Waals surface area contributed by atoms with E-state index in [1.807, 2.05) is 19.2 Å². The van der Waals surface area contributed by atoms with Gasteiger partial charge < -0.3 is 5.11 Å². The average Bonchev–Trinajstić information content (AvgIpc) is 3.12. The van der Waals surface area contributed by atoms with E-state index >= 15 is 0 Å². The lowest BCUT2D eigenvalue weighted by Crippen LogP contribution is -2.15. The number of aliphatic hydroxyl groups excluding tert-OH is 1. The SMILES string of the molecule is CSc1ccc(-c2cc(C(F)(F)F)nn2-c2ccc(S(N)(=O)=O)c(CO)c2)cc1C. The van der Waals surface area contributed by atoms with E-state index in [0.29, 0.717) is 5.56 Å². The Bertz CT molecular complexity index is 1210. The number of nitrogens with two attached hydrogens (primary N) is 1. The largest absolute Gasteiger partial charge is 0.435 e. The minimum absolute atomic E-state index is 0.0427. The Morgan fingerprint density at radius 1 is 1.17 bits per heavy atom. The summed E-state index contributed by atoms with van der Waals surface area (Å²) in [6, 6.07) is 9.86. The fourth-order valence-electron chi connectivity index (χ4n) is 3.06. The van der Waals surface area contributed by atoms with Crippen molar-refractivity contribution in [1.29, 1.82) is 0 Å². The van der Waals surface area contributed by atoms with E-state index in [2.05, 4.69) is 5.10 Å². The van der Waals surface area contributed by atoms with E-state index < -0.39 is 28.5 Å². The first-order valence-electron chi connectivity index (χ1n) is 8.55. The van der Waals surface area contributed by atoms with E-state index in [1.54, 1.807) is 12.1 Å². The number of primary sulfonamides is 1. The first-order valence-corrected chi connectivity index (χ1v) is 11.3. The van der Waals surface area contributed by atoms with Crippen molar-refractivity contribution >= 4 is 21.8 Å². The van der Waals surface area contributed by atoms with E-state index in [0.717, 1.165) is 27.3 Å². The summed E-state index contributed by atoms with van der Waals surface area (Å²) in [6.07, 6.45) is -2.77. The Kier molecular flexibility index (Phi) is 6.01. The molecule has 0 aliphatic rings. The summed E-state index contributed by atoms with van der Waals surface area (Å²) >= 11 is 1.52. The summed E-state index contributed by atoms with van der Waals surface area (Å²) < 4.78 is 64.5. The molecule has 0 fully saturated rings. The number of aromatic nitrogens is 2. The molecule has 11 heteroatoms. The first kappa shape index (κ1) is 22.3. The molecule has 0 spiro atoms. The van der Waals surface area contributed by atoms with Crippen LogP contribution < -0.4 is 5.14 Å². The van der Waals surface area contributed by atoms with Crippen LogP contribution in [0.4, 0.5) is 13.2 Å². The summed E-state index contributed by atoms with van der Waals surface area (Å²) in [5.41, 5.74) is 0.592. The Morgan fingerprint density at radius 2 is 1.87 bits per heavy atom. The number of aliphatic hydroxyl groups is 1. The summed E-state index contributed by atoms with van der Waals surface area (Å²) in [5.74, 6) is 0. The normalized spacial score (nSPS) is 12.4. The van der Waals surface area contributed by atoms with Crippen LogP contribution in [0.25, 0.3) is 16.9 Å². The van der Waals surface area contributed by atoms with Crippen molar-refractivity contribution in [2.45, 2.75) is 29.5 Å². The molecule has 3 aromatic rings. The molecule has 6 nitrogen and oxygen atoms in total. The number of halogens is 3. The molecule has 0 amide bonds. The predicted octanol–water partition coefficient (Wildman–Crippen LogP) is 3.73. The number of thioether (sulfide) groups is 1. The smallest absolute Gasteiger partial charge is 0.392 e. The maximum atomic E-state index is 13.4. The van der Waals surface area contributed by atoms with E-state index in [9.17, 15) is 26.7 Å². The molecule has 0 atom stereocenters. The van der Waals surface area contributed by atoms with E-state index in [-0.39, 0.29) is 21.8 Å². The van der Waals surface area contributed by atoms with Gasteiger partial charge in [-0.05, 0) is 60.7 Å². The third kappa shape index (κ3) is 4.38. The van der Waals surface area contributed by atoms with Gasteiger partial charge in [-0.25, -0.2) is 18.2 Å². The quantitative estimate of drug-likeness (QED) is 0.569. The highest BCUT2D eigenvalue weighted by Gasteiger charge is 2.35. The molecule has 160 valence electrons. The molecule has 3 rings (SSSR count). The highest BCUT2D eigenvalue weighted by atomic mass is 32.2. The minimum atomic E-state index is -4.67. The van der Waals surface area contributed by atoms with Gasteiger partial charge in [0.05, 0.1) is 22.9 Å². The Hall–Kier alpha value is -2.34. The lowest BCUT2D eigenvalue weighted by Gasteiger charge is -2.12. The van der Waals surface area contributed by atoms with Gasteiger partial charge >= 0.3 is 6.18 Å². The highest BCUT2D eigenvalue weighted by Crippen LogP contribution is 2.35. The van der Waals surface area contributed by atoms with Crippen LogP contribution in [0.1, 0.15) is 16.8 Å². The van der Waals surface area contributed by atoms with Crippen molar-refractivity contribution in [1.82, 2.24) is 9.78 Å². The van der Waals surface area contributed by atoms with Gasteiger partial charge in [-0.3, -0.25) is 0 Å². The number of alkyl halides is 3. The molecule has 0 saturated heterocycles. The van der Waals surface area contributed by atoms with Gasteiger partial charge in [0.1, 0.15) is 0 Å². The molecule has 1 heterocycles. The third-order valence-electron chi connectivity index (χ3n) is 4.46.